The standard InChI is InChI=1S/C15H29NOS/c1-2-3-4-5-6-7-8-9-11-15(17)14-18-13-10-12-16/h15,17H,2-11,13-14H2,1H3. The van der Waals surface area contributed by atoms with Gasteiger partial charge in [0.05, 0.1) is 12.2 Å². The molecule has 18 heavy (non-hydrogen) atoms. The summed E-state index contributed by atoms with van der Waals surface area (Å²) < 4.78 is 0. The molecule has 0 aliphatic carbocycles. The largest absolute Gasteiger partial charge is 0.392 e. The summed E-state index contributed by atoms with van der Waals surface area (Å²) in [5.74, 6) is 1.64. The summed E-state index contributed by atoms with van der Waals surface area (Å²) in [6, 6.07) is 2.12. The zero-order valence-corrected chi connectivity index (χ0v) is 12.7. The van der Waals surface area contributed by atoms with E-state index in [1.54, 1.807) is 11.8 Å². The van der Waals surface area contributed by atoms with Crippen molar-refractivity contribution in [2.45, 2.75) is 77.2 Å². The Morgan fingerprint density at radius 1 is 1.06 bits per heavy atom. The molecular formula is C15H29NOS. The van der Waals surface area contributed by atoms with Gasteiger partial charge < -0.3 is 5.11 Å². The second-order valence-electron chi connectivity index (χ2n) is 4.90. The molecule has 0 rings (SSSR count). The van der Waals surface area contributed by atoms with Crippen molar-refractivity contribution in [3.8, 4) is 6.07 Å². The van der Waals surface area contributed by atoms with E-state index in [0.29, 0.717) is 6.42 Å². The third-order valence-corrected chi connectivity index (χ3v) is 4.17. The molecule has 1 N–H and O–H groups in total. The third kappa shape index (κ3) is 13.9. The van der Waals surface area contributed by atoms with Gasteiger partial charge in [-0.15, -0.1) is 0 Å². The second-order valence-corrected chi connectivity index (χ2v) is 6.05. The second kappa shape index (κ2) is 14.9. The maximum Gasteiger partial charge on any atom is 0.0630 e. The van der Waals surface area contributed by atoms with Crippen molar-refractivity contribution in [3.05, 3.63) is 0 Å². The molecule has 3 heteroatoms. The van der Waals surface area contributed by atoms with Crippen LogP contribution < -0.4 is 0 Å². The fourth-order valence-electron chi connectivity index (χ4n) is 1.93. The SMILES string of the molecule is CCCCCCCCCCC(O)CSCCC#N. The number of nitrogens with zero attached hydrogens (tertiary/aromatic N) is 1. The van der Waals surface area contributed by atoms with Gasteiger partial charge >= 0.3 is 0 Å². The van der Waals surface area contributed by atoms with Gasteiger partial charge in [-0.25, -0.2) is 0 Å². The molecule has 0 spiro atoms. The molecule has 0 heterocycles. The quantitative estimate of drug-likeness (QED) is 0.501. The molecular weight excluding hydrogens is 242 g/mol. The molecule has 0 bridgehead atoms. The maximum atomic E-state index is 9.72. The third-order valence-electron chi connectivity index (χ3n) is 3.06. The zero-order valence-electron chi connectivity index (χ0n) is 11.9. The van der Waals surface area contributed by atoms with Crippen molar-refractivity contribution in [1.82, 2.24) is 0 Å². The highest BCUT2D eigenvalue weighted by molar-refractivity contribution is 7.99. The average Bonchev–Trinajstić information content (AvgIpc) is 2.38. The summed E-state index contributed by atoms with van der Waals surface area (Å²) in [5, 5.41) is 18.1. The molecule has 0 saturated heterocycles. The van der Waals surface area contributed by atoms with E-state index in [4.69, 9.17) is 5.26 Å². The van der Waals surface area contributed by atoms with Gasteiger partial charge in [0.25, 0.3) is 0 Å². The summed E-state index contributed by atoms with van der Waals surface area (Å²) in [6.07, 6.45) is 11.9. The minimum Gasteiger partial charge on any atom is -0.392 e. The van der Waals surface area contributed by atoms with Gasteiger partial charge in [-0.3, -0.25) is 0 Å². The Morgan fingerprint density at radius 2 is 1.67 bits per heavy atom. The first-order valence-corrected chi connectivity index (χ1v) is 8.59. The van der Waals surface area contributed by atoms with Gasteiger partial charge in [-0.05, 0) is 6.42 Å². The highest BCUT2D eigenvalue weighted by Crippen LogP contribution is 2.13. The minimum absolute atomic E-state index is 0.172. The molecule has 0 saturated carbocycles. The molecule has 106 valence electrons. The van der Waals surface area contributed by atoms with Crippen LogP contribution in [-0.2, 0) is 0 Å². The maximum absolute atomic E-state index is 9.72. The van der Waals surface area contributed by atoms with E-state index in [1.165, 1.54) is 44.9 Å². The molecule has 1 unspecified atom stereocenters. The Labute approximate surface area is 117 Å². The van der Waals surface area contributed by atoms with E-state index < -0.39 is 0 Å². The topological polar surface area (TPSA) is 44.0 Å². The summed E-state index contributed by atoms with van der Waals surface area (Å²) >= 11 is 1.69. The highest BCUT2D eigenvalue weighted by atomic mass is 32.2. The van der Waals surface area contributed by atoms with Gasteiger partial charge in [-0.2, -0.15) is 17.0 Å². The van der Waals surface area contributed by atoms with E-state index in [9.17, 15) is 5.11 Å². The van der Waals surface area contributed by atoms with Crippen molar-refractivity contribution < 1.29 is 5.11 Å². The van der Waals surface area contributed by atoms with Crippen LogP contribution in [0.2, 0.25) is 0 Å². The zero-order chi connectivity index (χ0) is 13.5. The molecule has 0 radical (unpaired) electrons. The van der Waals surface area contributed by atoms with Crippen LogP contribution in [-0.4, -0.2) is 22.7 Å². The molecule has 0 aliphatic rings. The minimum atomic E-state index is -0.172. The van der Waals surface area contributed by atoms with E-state index in [2.05, 4.69) is 13.0 Å². The van der Waals surface area contributed by atoms with Crippen LogP contribution >= 0.6 is 11.8 Å². The van der Waals surface area contributed by atoms with Crippen LogP contribution in [0.4, 0.5) is 0 Å². The normalized spacial score (nSPS) is 12.3. The Kier molecular flexibility index (Phi) is 14.7. The van der Waals surface area contributed by atoms with Crippen LogP contribution in [0.3, 0.4) is 0 Å². The van der Waals surface area contributed by atoms with E-state index in [0.717, 1.165) is 24.3 Å². The number of thioether (sulfide) groups is 1. The van der Waals surface area contributed by atoms with Gasteiger partial charge in [-0.1, -0.05) is 58.3 Å². The predicted molar refractivity (Wildman–Crippen MR) is 80.8 cm³/mol. The number of aliphatic hydroxyl groups excluding tert-OH is 1. The highest BCUT2D eigenvalue weighted by Gasteiger charge is 2.03. The Morgan fingerprint density at radius 3 is 2.28 bits per heavy atom. The lowest BCUT2D eigenvalue weighted by Gasteiger charge is -2.09. The van der Waals surface area contributed by atoms with Crippen LogP contribution in [0.25, 0.3) is 0 Å². The van der Waals surface area contributed by atoms with Gasteiger partial charge in [0, 0.05) is 17.9 Å². The van der Waals surface area contributed by atoms with Crippen LogP contribution in [0.1, 0.15) is 71.1 Å². The summed E-state index contributed by atoms with van der Waals surface area (Å²) in [7, 11) is 0. The van der Waals surface area contributed by atoms with E-state index >= 15 is 0 Å². The number of unbranched alkanes of at least 4 members (excludes halogenated alkanes) is 7. The van der Waals surface area contributed by atoms with Crippen molar-refractivity contribution in [3.63, 3.8) is 0 Å². The van der Waals surface area contributed by atoms with Crippen molar-refractivity contribution in [1.29, 1.82) is 5.26 Å². The molecule has 0 aromatic carbocycles. The fraction of sp³-hybridized carbons (Fsp3) is 0.933. The van der Waals surface area contributed by atoms with Crippen LogP contribution in [0, 0.1) is 11.3 Å². The Balaban J connectivity index is 3.10. The lowest BCUT2D eigenvalue weighted by atomic mass is 10.1. The van der Waals surface area contributed by atoms with Crippen molar-refractivity contribution in [2.75, 3.05) is 11.5 Å². The summed E-state index contributed by atoms with van der Waals surface area (Å²) in [6.45, 7) is 2.25. The molecule has 0 fully saturated rings. The number of nitriles is 1. The molecule has 1 atom stereocenters. The Bertz CT molecular complexity index is 203. The van der Waals surface area contributed by atoms with E-state index in [1.807, 2.05) is 0 Å². The van der Waals surface area contributed by atoms with Gasteiger partial charge in [0.2, 0.25) is 0 Å². The smallest absolute Gasteiger partial charge is 0.0630 e. The Hall–Kier alpha value is -0.200. The molecule has 0 aromatic heterocycles. The summed E-state index contributed by atoms with van der Waals surface area (Å²) in [5.41, 5.74) is 0. The predicted octanol–water partition coefficient (Wildman–Crippen LogP) is 4.52. The average molecular weight is 271 g/mol. The first kappa shape index (κ1) is 17.8. The van der Waals surface area contributed by atoms with Crippen molar-refractivity contribution in [2.24, 2.45) is 0 Å². The molecule has 0 aliphatic heterocycles. The lowest BCUT2D eigenvalue weighted by molar-refractivity contribution is 0.185. The van der Waals surface area contributed by atoms with Gasteiger partial charge in [0.1, 0.15) is 0 Å². The van der Waals surface area contributed by atoms with E-state index in [-0.39, 0.29) is 6.10 Å². The first-order valence-electron chi connectivity index (χ1n) is 7.44. The van der Waals surface area contributed by atoms with Gasteiger partial charge in [0.15, 0.2) is 0 Å². The number of rotatable bonds is 13. The molecule has 0 aromatic rings. The van der Waals surface area contributed by atoms with Crippen LogP contribution in [0.5, 0.6) is 0 Å². The number of hydrogen-bond donors (Lipinski definition) is 1. The first-order chi connectivity index (χ1) is 8.81. The van der Waals surface area contributed by atoms with Crippen LogP contribution in [0.15, 0.2) is 0 Å². The number of aliphatic hydroxyl groups is 1. The molecule has 0 amide bonds. The fourth-order valence-corrected chi connectivity index (χ4v) is 2.78. The molecule has 2 nitrogen and oxygen atoms in total. The lowest BCUT2D eigenvalue weighted by Crippen LogP contribution is -2.09. The van der Waals surface area contributed by atoms with Crippen molar-refractivity contribution >= 4 is 11.8 Å². The number of hydrogen-bond acceptors (Lipinski definition) is 3. The monoisotopic (exact) mass is 271 g/mol. The summed E-state index contributed by atoms with van der Waals surface area (Å²) in [4.78, 5) is 0.